The molecule has 1 aromatic heterocycles. The molecule has 0 aromatic carbocycles. The molecule has 2 unspecified atom stereocenters. The fourth-order valence-corrected chi connectivity index (χ4v) is 5.20. The molecule has 0 bridgehead atoms. The summed E-state index contributed by atoms with van der Waals surface area (Å²) in [6.45, 7) is 6.55. The Morgan fingerprint density at radius 1 is 1.33 bits per heavy atom. The van der Waals surface area contributed by atoms with Crippen molar-refractivity contribution in [1.82, 2.24) is 5.32 Å². The van der Waals surface area contributed by atoms with E-state index < -0.39 is 8.32 Å². The zero-order valence-electron chi connectivity index (χ0n) is 11.2. The average Bonchev–Trinajstić information content (AvgIpc) is 2.88. The summed E-state index contributed by atoms with van der Waals surface area (Å²) in [6.07, 6.45) is 1.40. The van der Waals surface area contributed by atoms with Gasteiger partial charge in [-0.1, -0.05) is 20.8 Å². The number of amides is 1. The molecule has 0 spiro atoms. The van der Waals surface area contributed by atoms with Gasteiger partial charge in [0.25, 0.3) is 0 Å². The lowest BCUT2D eigenvalue weighted by Crippen LogP contribution is -2.61. The number of hydrogen-bond donors (Lipinski definition) is 1. The molecule has 0 aliphatic carbocycles. The van der Waals surface area contributed by atoms with Gasteiger partial charge in [0.2, 0.25) is 5.91 Å². The summed E-state index contributed by atoms with van der Waals surface area (Å²) in [6, 6.07) is 6.89. The third-order valence-electron chi connectivity index (χ3n) is 4.03. The van der Waals surface area contributed by atoms with Gasteiger partial charge in [0.05, 0.1) is 6.26 Å². The van der Waals surface area contributed by atoms with Gasteiger partial charge in [-0.3, -0.25) is 4.79 Å². The molecular weight excluding hydrogens is 246 g/mol. The summed E-state index contributed by atoms with van der Waals surface area (Å²) in [5, 5.41) is 2.85. The molecule has 1 N–H and O–H groups in total. The van der Waals surface area contributed by atoms with Gasteiger partial charge in [0.15, 0.2) is 8.32 Å². The van der Waals surface area contributed by atoms with Crippen molar-refractivity contribution < 1.29 is 13.6 Å². The van der Waals surface area contributed by atoms with Gasteiger partial charge in [-0.15, -0.1) is 0 Å². The highest BCUT2D eigenvalue weighted by atomic mass is 28.4. The lowest BCUT2D eigenvalue weighted by molar-refractivity contribution is -0.139. The Morgan fingerprint density at radius 2 is 2.00 bits per heavy atom. The number of nitrogens with one attached hydrogen (secondary N) is 1. The summed E-state index contributed by atoms with van der Waals surface area (Å²) in [4.78, 5) is 11.7. The Balaban J connectivity index is 2.08. The number of carbonyl (C=O) groups is 1. The summed E-state index contributed by atoms with van der Waals surface area (Å²) in [5.74, 6) is 0.438. The van der Waals surface area contributed by atoms with Crippen LogP contribution in [-0.2, 0) is 9.22 Å². The SMILES string of the molecule is CC[Si](CC)(CC)OC1NC(=O)C1c1ccco1. The first-order valence-electron chi connectivity index (χ1n) is 6.67. The molecule has 0 saturated carbocycles. The zero-order chi connectivity index (χ0) is 13.2. The van der Waals surface area contributed by atoms with Crippen LogP contribution in [0, 0.1) is 0 Å². The van der Waals surface area contributed by atoms with E-state index in [1.807, 2.05) is 12.1 Å². The van der Waals surface area contributed by atoms with Gasteiger partial charge in [0.1, 0.15) is 17.9 Å². The molecular formula is C13H21NO3Si. The minimum atomic E-state index is -1.69. The number of β-lactam (4-membered cyclic amide) rings is 1. The lowest BCUT2D eigenvalue weighted by Gasteiger charge is -2.41. The lowest BCUT2D eigenvalue weighted by atomic mass is 9.96. The van der Waals surface area contributed by atoms with E-state index in [9.17, 15) is 4.79 Å². The van der Waals surface area contributed by atoms with Gasteiger partial charge in [-0.25, -0.2) is 0 Å². The Kier molecular flexibility index (Phi) is 3.92. The smallest absolute Gasteiger partial charge is 0.237 e. The van der Waals surface area contributed by atoms with Crippen molar-refractivity contribution in [3.63, 3.8) is 0 Å². The number of rotatable bonds is 6. The molecule has 1 aliphatic rings. The van der Waals surface area contributed by atoms with E-state index in [0.717, 1.165) is 18.1 Å². The highest BCUT2D eigenvalue weighted by Crippen LogP contribution is 2.33. The van der Waals surface area contributed by atoms with Crippen LogP contribution in [-0.4, -0.2) is 20.5 Å². The maximum Gasteiger partial charge on any atom is 0.237 e. The van der Waals surface area contributed by atoms with E-state index in [1.54, 1.807) is 6.26 Å². The fraction of sp³-hybridized carbons (Fsp3) is 0.615. The predicted molar refractivity (Wildman–Crippen MR) is 71.7 cm³/mol. The molecule has 0 radical (unpaired) electrons. The minimum Gasteiger partial charge on any atom is -0.468 e. The first-order chi connectivity index (χ1) is 8.65. The third kappa shape index (κ3) is 2.24. The second-order valence-corrected chi connectivity index (χ2v) is 9.51. The van der Waals surface area contributed by atoms with Crippen LogP contribution < -0.4 is 5.32 Å². The molecule has 1 amide bonds. The second kappa shape index (κ2) is 5.28. The highest BCUT2D eigenvalue weighted by molar-refractivity contribution is 6.73. The van der Waals surface area contributed by atoms with Crippen molar-refractivity contribution in [1.29, 1.82) is 0 Å². The third-order valence-corrected chi connectivity index (χ3v) is 8.65. The fourth-order valence-electron chi connectivity index (χ4n) is 2.47. The Labute approximate surface area is 109 Å². The first-order valence-corrected chi connectivity index (χ1v) is 9.20. The minimum absolute atomic E-state index is 0.00107. The van der Waals surface area contributed by atoms with Crippen LogP contribution in [0.5, 0.6) is 0 Å². The molecule has 1 fully saturated rings. The quantitative estimate of drug-likeness (QED) is 0.637. The Bertz CT molecular complexity index is 392. The summed E-state index contributed by atoms with van der Waals surface area (Å²) >= 11 is 0. The van der Waals surface area contributed by atoms with Crippen LogP contribution in [0.3, 0.4) is 0 Å². The van der Waals surface area contributed by atoms with Crippen LogP contribution >= 0.6 is 0 Å². The van der Waals surface area contributed by atoms with Crippen LogP contribution in [0.2, 0.25) is 18.1 Å². The van der Waals surface area contributed by atoms with Crippen LogP contribution in [0.15, 0.2) is 22.8 Å². The van der Waals surface area contributed by atoms with Crippen molar-refractivity contribution in [3.8, 4) is 0 Å². The zero-order valence-corrected chi connectivity index (χ0v) is 12.2. The van der Waals surface area contributed by atoms with Gasteiger partial charge in [0, 0.05) is 0 Å². The van der Waals surface area contributed by atoms with Gasteiger partial charge >= 0.3 is 0 Å². The van der Waals surface area contributed by atoms with Crippen LogP contribution in [0.4, 0.5) is 0 Å². The molecule has 100 valence electrons. The molecule has 1 aromatic rings. The van der Waals surface area contributed by atoms with E-state index in [4.69, 9.17) is 8.84 Å². The van der Waals surface area contributed by atoms with Crippen molar-refractivity contribution >= 4 is 14.2 Å². The summed E-state index contributed by atoms with van der Waals surface area (Å²) < 4.78 is 11.6. The van der Waals surface area contributed by atoms with E-state index in [2.05, 4.69) is 26.1 Å². The maximum atomic E-state index is 11.7. The molecule has 2 rings (SSSR count). The van der Waals surface area contributed by atoms with Crippen LogP contribution in [0.25, 0.3) is 0 Å². The monoisotopic (exact) mass is 267 g/mol. The average molecular weight is 267 g/mol. The molecule has 1 saturated heterocycles. The van der Waals surface area contributed by atoms with Crippen molar-refractivity contribution in [2.75, 3.05) is 0 Å². The van der Waals surface area contributed by atoms with Crippen molar-refractivity contribution in [3.05, 3.63) is 24.2 Å². The van der Waals surface area contributed by atoms with E-state index >= 15 is 0 Å². The van der Waals surface area contributed by atoms with Gasteiger partial charge < -0.3 is 14.2 Å². The molecule has 1 aliphatic heterocycles. The Morgan fingerprint density at radius 3 is 2.44 bits per heavy atom. The summed E-state index contributed by atoms with van der Waals surface area (Å²) in [7, 11) is -1.69. The first kappa shape index (κ1) is 13.4. The van der Waals surface area contributed by atoms with E-state index in [0.29, 0.717) is 5.76 Å². The second-order valence-electron chi connectivity index (χ2n) is 4.78. The van der Waals surface area contributed by atoms with E-state index in [1.165, 1.54) is 0 Å². The highest BCUT2D eigenvalue weighted by Gasteiger charge is 2.47. The largest absolute Gasteiger partial charge is 0.468 e. The summed E-state index contributed by atoms with van der Waals surface area (Å²) in [5.41, 5.74) is 0. The number of carbonyl (C=O) groups excluding carboxylic acids is 1. The standard InChI is InChI=1S/C13H21NO3Si/c1-4-18(5-2,6-3)17-13-11(12(15)14-13)10-8-7-9-16-10/h7-9,11,13H,4-6H2,1-3H3,(H,14,15). The molecule has 2 heterocycles. The molecule has 5 heteroatoms. The molecule has 4 nitrogen and oxygen atoms in total. The van der Waals surface area contributed by atoms with Crippen molar-refractivity contribution in [2.24, 2.45) is 0 Å². The molecule has 2 atom stereocenters. The maximum absolute atomic E-state index is 11.7. The topological polar surface area (TPSA) is 51.5 Å². The number of furan rings is 1. The van der Waals surface area contributed by atoms with Crippen molar-refractivity contribution in [2.45, 2.75) is 51.0 Å². The predicted octanol–water partition coefficient (Wildman–Crippen LogP) is 2.84. The van der Waals surface area contributed by atoms with Gasteiger partial charge in [-0.2, -0.15) is 0 Å². The van der Waals surface area contributed by atoms with Crippen LogP contribution in [0.1, 0.15) is 32.4 Å². The van der Waals surface area contributed by atoms with Gasteiger partial charge in [-0.05, 0) is 30.3 Å². The number of hydrogen-bond acceptors (Lipinski definition) is 3. The Hall–Kier alpha value is -1.07. The molecule has 18 heavy (non-hydrogen) atoms. The normalized spacial score (nSPS) is 23.6. The van der Waals surface area contributed by atoms with E-state index in [-0.39, 0.29) is 18.1 Å².